The summed E-state index contributed by atoms with van der Waals surface area (Å²) in [6.45, 7) is 8.38. The third-order valence-electron chi connectivity index (χ3n) is 3.26. The van der Waals surface area contributed by atoms with Crippen molar-refractivity contribution >= 4 is 0 Å². The van der Waals surface area contributed by atoms with Crippen molar-refractivity contribution in [2.45, 2.75) is 39.2 Å². The van der Waals surface area contributed by atoms with E-state index in [9.17, 15) is 0 Å². The minimum Gasteiger partial charge on any atom is -0.312 e. The van der Waals surface area contributed by atoms with Gasteiger partial charge in [0.05, 0.1) is 11.4 Å². The average Bonchev–Trinajstić information content (AvgIpc) is 2.90. The second-order valence-corrected chi connectivity index (χ2v) is 6.33. The van der Waals surface area contributed by atoms with E-state index in [0.29, 0.717) is 0 Å². The molecule has 2 aromatic rings. The van der Waals surface area contributed by atoms with E-state index in [1.165, 1.54) is 11.3 Å². The predicted molar refractivity (Wildman–Crippen MR) is 80.5 cm³/mol. The van der Waals surface area contributed by atoms with E-state index in [4.69, 9.17) is 0 Å². The van der Waals surface area contributed by atoms with Crippen LogP contribution in [-0.4, -0.2) is 26.1 Å². The lowest BCUT2D eigenvalue weighted by Gasteiger charge is -2.17. The lowest BCUT2D eigenvalue weighted by molar-refractivity contribution is 0.543. The maximum Gasteiger partial charge on any atom is 0.0722 e. The molecule has 1 N–H and O–H groups in total. The Bertz CT molecular complexity index is 559. The second-order valence-electron chi connectivity index (χ2n) is 6.33. The van der Waals surface area contributed by atoms with Crippen molar-refractivity contribution in [3.05, 3.63) is 35.4 Å². The molecule has 0 atom stereocenters. The molecule has 0 aromatic carbocycles. The molecule has 0 aliphatic rings. The average molecular weight is 275 g/mol. The predicted octanol–water partition coefficient (Wildman–Crippen LogP) is 1.78. The second kappa shape index (κ2) is 5.79. The molecule has 2 aromatic heterocycles. The smallest absolute Gasteiger partial charge is 0.0722 e. The van der Waals surface area contributed by atoms with Crippen molar-refractivity contribution in [2.75, 3.05) is 6.54 Å². The quantitative estimate of drug-likeness (QED) is 0.846. The minimum atomic E-state index is 0.0826. The van der Waals surface area contributed by atoms with E-state index in [2.05, 4.69) is 48.5 Å². The Morgan fingerprint density at radius 1 is 1.15 bits per heavy atom. The topological polar surface area (TPSA) is 47.7 Å². The van der Waals surface area contributed by atoms with Gasteiger partial charge in [-0.05, 0) is 6.07 Å². The van der Waals surface area contributed by atoms with Gasteiger partial charge < -0.3 is 5.32 Å². The number of hydrogen-bond donors (Lipinski definition) is 1. The van der Waals surface area contributed by atoms with Crippen molar-refractivity contribution in [2.24, 2.45) is 14.1 Å². The first-order chi connectivity index (χ1) is 9.36. The van der Waals surface area contributed by atoms with Crippen molar-refractivity contribution in [1.29, 1.82) is 0 Å². The molecular weight excluding hydrogens is 250 g/mol. The third kappa shape index (κ3) is 3.70. The highest BCUT2D eigenvalue weighted by atomic mass is 15.3. The molecule has 2 rings (SSSR count). The lowest BCUT2D eigenvalue weighted by Crippen LogP contribution is -2.21. The Kier molecular flexibility index (Phi) is 4.28. The van der Waals surface area contributed by atoms with Crippen LogP contribution in [0.15, 0.2) is 18.5 Å². The summed E-state index contributed by atoms with van der Waals surface area (Å²) < 4.78 is 3.74. The van der Waals surface area contributed by atoms with Crippen LogP contribution in [0.2, 0.25) is 0 Å². The molecule has 0 radical (unpaired) electrons. The largest absolute Gasteiger partial charge is 0.312 e. The van der Waals surface area contributed by atoms with Gasteiger partial charge in [0.15, 0.2) is 0 Å². The fourth-order valence-electron chi connectivity index (χ4n) is 2.33. The first-order valence-corrected chi connectivity index (χ1v) is 7.08. The molecule has 0 aliphatic carbocycles. The molecule has 5 nitrogen and oxygen atoms in total. The van der Waals surface area contributed by atoms with E-state index in [0.717, 1.165) is 25.2 Å². The highest BCUT2D eigenvalue weighted by Gasteiger charge is 2.21. The van der Waals surface area contributed by atoms with Crippen molar-refractivity contribution in [3.63, 3.8) is 0 Å². The van der Waals surface area contributed by atoms with Gasteiger partial charge in [0, 0.05) is 57.0 Å². The van der Waals surface area contributed by atoms with Gasteiger partial charge in [-0.2, -0.15) is 10.2 Å². The Labute approximate surface area is 121 Å². The zero-order valence-electron chi connectivity index (χ0n) is 13.1. The minimum absolute atomic E-state index is 0.0826. The first-order valence-electron chi connectivity index (χ1n) is 7.08. The van der Waals surface area contributed by atoms with E-state index < -0.39 is 0 Å². The number of hydrogen-bond acceptors (Lipinski definition) is 3. The molecule has 0 saturated carbocycles. The summed E-state index contributed by atoms with van der Waals surface area (Å²) in [5.74, 6) is 0. The van der Waals surface area contributed by atoms with Crippen molar-refractivity contribution < 1.29 is 0 Å². The summed E-state index contributed by atoms with van der Waals surface area (Å²) in [7, 11) is 3.93. The van der Waals surface area contributed by atoms with Gasteiger partial charge in [-0.3, -0.25) is 9.36 Å². The maximum absolute atomic E-state index is 4.58. The standard InChI is InChI=1S/C15H25N5/c1-15(2,3)14-12(11-20(5)18-14)10-16-8-6-13-7-9-19(4)17-13/h7,9,11,16H,6,8,10H2,1-5H3. The SMILES string of the molecule is Cn1ccc(CCNCc2cn(C)nc2C(C)(C)C)n1. The number of nitrogens with zero attached hydrogens (tertiary/aromatic N) is 4. The summed E-state index contributed by atoms with van der Waals surface area (Å²) in [6, 6.07) is 2.06. The highest BCUT2D eigenvalue weighted by Crippen LogP contribution is 2.23. The molecule has 0 saturated heterocycles. The summed E-state index contributed by atoms with van der Waals surface area (Å²) in [5.41, 5.74) is 3.66. The molecule has 0 unspecified atom stereocenters. The molecule has 0 spiro atoms. The molecular formula is C15H25N5. The Morgan fingerprint density at radius 3 is 2.50 bits per heavy atom. The fourth-order valence-corrected chi connectivity index (χ4v) is 2.33. The maximum atomic E-state index is 4.58. The van der Waals surface area contributed by atoms with E-state index in [1.807, 2.05) is 29.7 Å². The molecule has 0 fully saturated rings. The Balaban J connectivity index is 1.88. The summed E-state index contributed by atoms with van der Waals surface area (Å²) >= 11 is 0. The summed E-state index contributed by atoms with van der Waals surface area (Å²) in [6.07, 6.45) is 5.04. The molecule has 5 heteroatoms. The number of nitrogens with one attached hydrogen (secondary N) is 1. The molecule has 20 heavy (non-hydrogen) atoms. The first kappa shape index (κ1) is 14.8. The summed E-state index contributed by atoms with van der Waals surface area (Å²) in [5, 5.41) is 12.4. The van der Waals surface area contributed by atoms with E-state index in [-0.39, 0.29) is 5.41 Å². The molecule has 110 valence electrons. The van der Waals surface area contributed by atoms with Crippen LogP contribution < -0.4 is 5.32 Å². The zero-order valence-corrected chi connectivity index (χ0v) is 13.1. The molecule has 0 aliphatic heterocycles. The highest BCUT2D eigenvalue weighted by molar-refractivity contribution is 5.23. The number of rotatable bonds is 5. The van der Waals surface area contributed by atoms with Crippen LogP contribution >= 0.6 is 0 Å². The van der Waals surface area contributed by atoms with Crippen LogP contribution in [0.3, 0.4) is 0 Å². The van der Waals surface area contributed by atoms with Crippen LogP contribution in [0.25, 0.3) is 0 Å². The van der Waals surface area contributed by atoms with E-state index in [1.54, 1.807) is 0 Å². The van der Waals surface area contributed by atoms with Gasteiger partial charge >= 0.3 is 0 Å². The van der Waals surface area contributed by atoms with Gasteiger partial charge in [-0.25, -0.2) is 0 Å². The third-order valence-corrected chi connectivity index (χ3v) is 3.26. The monoisotopic (exact) mass is 275 g/mol. The van der Waals surface area contributed by atoms with Gasteiger partial charge in [-0.15, -0.1) is 0 Å². The lowest BCUT2D eigenvalue weighted by atomic mass is 9.89. The summed E-state index contributed by atoms with van der Waals surface area (Å²) in [4.78, 5) is 0. The van der Waals surface area contributed by atoms with Crippen LogP contribution in [0.1, 0.15) is 37.7 Å². The zero-order chi connectivity index (χ0) is 14.8. The van der Waals surface area contributed by atoms with Crippen molar-refractivity contribution in [1.82, 2.24) is 24.9 Å². The van der Waals surface area contributed by atoms with Gasteiger partial charge in [-0.1, -0.05) is 20.8 Å². The number of aryl methyl sites for hydroxylation is 2. The van der Waals surface area contributed by atoms with Gasteiger partial charge in [0.25, 0.3) is 0 Å². The molecule has 2 heterocycles. The molecule has 0 bridgehead atoms. The fraction of sp³-hybridized carbons (Fsp3) is 0.600. The van der Waals surface area contributed by atoms with Crippen LogP contribution in [-0.2, 0) is 32.5 Å². The van der Waals surface area contributed by atoms with Gasteiger partial charge in [0.1, 0.15) is 0 Å². The molecule has 0 amide bonds. The number of aromatic nitrogens is 4. The van der Waals surface area contributed by atoms with E-state index >= 15 is 0 Å². The van der Waals surface area contributed by atoms with Crippen LogP contribution in [0, 0.1) is 0 Å². The Morgan fingerprint density at radius 2 is 1.90 bits per heavy atom. The van der Waals surface area contributed by atoms with Crippen LogP contribution in [0.5, 0.6) is 0 Å². The van der Waals surface area contributed by atoms with Crippen molar-refractivity contribution in [3.8, 4) is 0 Å². The normalized spacial score (nSPS) is 12.1. The van der Waals surface area contributed by atoms with Gasteiger partial charge in [0.2, 0.25) is 0 Å². The van der Waals surface area contributed by atoms with Crippen LogP contribution in [0.4, 0.5) is 0 Å². The Hall–Kier alpha value is -1.62.